The highest BCUT2D eigenvalue weighted by Crippen LogP contribution is 2.28. The number of aliphatic hydroxyl groups excluding tert-OH is 5. The first-order chi connectivity index (χ1) is 18.4. The zero-order valence-electron chi connectivity index (χ0n) is 23.4. The monoisotopic (exact) mass is 548 g/mol. The first kappa shape index (κ1) is 34.6. The molecule has 10 heteroatoms. The van der Waals surface area contributed by atoms with Crippen LogP contribution in [0.4, 0.5) is 0 Å². The maximum absolute atomic E-state index is 11.9. The normalized spacial score (nSPS) is 18.9. The van der Waals surface area contributed by atoms with E-state index in [9.17, 15) is 30.3 Å². The minimum absolute atomic E-state index is 0.0255. The average molecular weight is 549 g/mol. The van der Waals surface area contributed by atoms with E-state index in [0.29, 0.717) is 13.2 Å². The van der Waals surface area contributed by atoms with Gasteiger partial charge in [0.15, 0.2) is 11.9 Å². The molecule has 1 aliphatic heterocycles. The van der Waals surface area contributed by atoms with Crippen LogP contribution in [0.3, 0.4) is 0 Å². The number of aliphatic hydroxyl groups is 5. The lowest BCUT2D eigenvalue weighted by atomic mass is 10.1. The highest BCUT2D eigenvalue weighted by Gasteiger charge is 2.43. The van der Waals surface area contributed by atoms with E-state index in [1.807, 2.05) is 6.92 Å². The number of carbonyl (C=O) groups excluding carboxylic acids is 1. The van der Waals surface area contributed by atoms with Crippen molar-refractivity contribution in [2.45, 2.75) is 128 Å². The Labute approximate surface area is 227 Å². The van der Waals surface area contributed by atoms with Crippen molar-refractivity contribution in [2.75, 3.05) is 33.0 Å². The smallest absolute Gasteiger partial charge is 0.378 e. The summed E-state index contributed by atoms with van der Waals surface area (Å²) < 4.78 is 22.2. The van der Waals surface area contributed by atoms with Crippen LogP contribution >= 0.6 is 0 Å². The van der Waals surface area contributed by atoms with Gasteiger partial charge in [0.1, 0.15) is 18.3 Å². The quantitative estimate of drug-likeness (QED) is 0.0848. The summed E-state index contributed by atoms with van der Waals surface area (Å²) in [7, 11) is 0. The van der Waals surface area contributed by atoms with E-state index in [-0.39, 0.29) is 18.8 Å². The molecule has 38 heavy (non-hydrogen) atoms. The number of cyclic esters (lactones) is 1. The number of ether oxygens (including phenoxy) is 4. The Morgan fingerprint density at radius 2 is 1.42 bits per heavy atom. The maximum atomic E-state index is 11.9. The molecule has 0 aromatic heterocycles. The number of hydrogen-bond acceptors (Lipinski definition) is 10. The lowest BCUT2D eigenvalue weighted by molar-refractivity contribution is -0.150. The van der Waals surface area contributed by atoms with Gasteiger partial charge in [-0.3, -0.25) is 0 Å². The second kappa shape index (κ2) is 21.4. The molecule has 0 bridgehead atoms. The molecule has 0 aromatic carbocycles. The van der Waals surface area contributed by atoms with Crippen molar-refractivity contribution < 1.29 is 49.3 Å². The first-order valence-corrected chi connectivity index (χ1v) is 14.5. The van der Waals surface area contributed by atoms with Crippen LogP contribution in [0.1, 0.15) is 97.3 Å². The Bertz CT molecular complexity index is 641. The molecule has 0 spiro atoms. The van der Waals surface area contributed by atoms with Crippen molar-refractivity contribution in [2.24, 2.45) is 0 Å². The van der Waals surface area contributed by atoms with E-state index in [2.05, 4.69) is 6.92 Å². The highest BCUT2D eigenvalue weighted by atomic mass is 16.6. The van der Waals surface area contributed by atoms with Gasteiger partial charge in [-0.1, -0.05) is 78.1 Å². The summed E-state index contributed by atoms with van der Waals surface area (Å²) >= 11 is 0. The van der Waals surface area contributed by atoms with Gasteiger partial charge in [-0.05, 0) is 12.8 Å². The van der Waals surface area contributed by atoms with E-state index in [4.69, 9.17) is 18.9 Å². The van der Waals surface area contributed by atoms with Gasteiger partial charge in [-0.15, -0.1) is 0 Å². The average Bonchev–Trinajstić information content (AvgIpc) is 3.19. The Kier molecular flexibility index (Phi) is 19.5. The molecule has 1 rings (SSSR count). The van der Waals surface area contributed by atoms with Gasteiger partial charge in [0.25, 0.3) is 0 Å². The molecule has 1 aliphatic rings. The van der Waals surface area contributed by atoms with Gasteiger partial charge in [0.2, 0.25) is 5.76 Å². The minimum Gasteiger partial charge on any atom is -0.499 e. The van der Waals surface area contributed by atoms with Gasteiger partial charge in [-0.2, -0.15) is 0 Å². The molecule has 0 saturated heterocycles. The van der Waals surface area contributed by atoms with Crippen molar-refractivity contribution in [3.8, 4) is 0 Å². The van der Waals surface area contributed by atoms with Crippen LogP contribution in [0.15, 0.2) is 11.5 Å². The Morgan fingerprint density at radius 1 is 0.816 bits per heavy atom. The van der Waals surface area contributed by atoms with Crippen LogP contribution < -0.4 is 0 Å². The van der Waals surface area contributed by atoms with Crippen LogP contribution in [-0.4, -0.2) is 95.1 Å². The summed E-state index contributed by atoms with van der Waals surface area (Å²) in [5.74, 6) is -2.28. The lowest BCUT2D eigenvalue weighted by Crippen LogP contribution is -2.41. The molecule has 0 aromatic rings. The summed E-state index contributed by atoms with van der Waals surface area (Å²) in [5, 5.41) is 50.1. The zero-order chi connectivity index (χ0) is 28.2. The number of esters is 1. The molecule has 0 radical (unpaired) electrons. The van der Waals surface area contributed by atoms with Gasteiger partial charge >= 0.3 is 5.97 Å². The third-order valence-corrected chi connectivity index (χ3v) is 6.62. The molecule has 3 unspecified atom stereocenters. The maximum Gasteiger partial charge on any atom is 0.378 e. The van der Waals surface area contributed by atoms with Crippen molar-refractivity contribution >= 4 is 5.97 Å². The molecule has 1 heterocycles. The third kappa shape index (κ3) is 13.6. The van der Waals surface area contributed by atoms with E-state index in [0.717, 1.165) is 32.1 Å². The molecule has 0 amide bonds. The molecular formula is C28H52O10. The predicted molar refractivity (Wildman–Crippen MR) is 143 cm³/mol. The zero-order valence-corrected chi connectivity index (χ0v) is 23.4. The van der Waals surface area contributed by atoms with E-state index < -0.39 is 55.5 Å². The molecule has 0 fully saturated rings. The number of carbonyl (C=O) groups is 1. The van der Waals surface area contributed by atoms with Gasteiger partial charge in [0.05, 0.1) is 25.9 Å². The number of unbranched alkanes of at least 4 members (excludes halogenated alkanes) is 10. The second-order valence-electron chi connectivity index (χ2n) is 10.0. The van der Waals surface area contributed by atoms with Crippen LogP contribution in [0, 0.1) is 0 Å². The summed E-state index contributed by atoms with van der Waals surface area (Å²) in [4.78, 5) is 11.9. The van der Waals surface area contributed by atoms with Crippen molar-refractivity contribution in [1.29, 1.82) is 0 Å². The van der Waals surface area contributed by atoms with E-state index in [1.165, 1.54) is 44.9 Å². The van der Waals surface area contributed by atoms with Crippen molar-refractivity contribution in [1.82, 2.24) is 0 Å². The van der Waals surface area contributed by atoms with Crippen LogP contribution in [-0.2, 0) is 23.7 Å². The standard InChI is InChI=1S/C28H52O10/c1-3-5-7-8-9-10-11-12-13-14-16-36-24(19-30)23(17-21(31)20-35-15-6-4-2)37-27-25(33)28(34)38-26(27)22(32)18-29/h21-24,26,29-33H,3-20H2,1-2H3/t21?,22-,23?,24?,26+/m0/s1. The van der Waals surface area contributed by atoms with Crippen LogP contribution in [0.2, 0.25) is 0 Å². The third-order valence-electron chi connectivity index (χ3n) is 6.62. The van der Waals surface area contributed by atoms with Gasteiger partial charge < -0.3 is 44.5 Å². The Hall–Kier alpha value is -1.43. The fraction of sp³-hybridized carbons (Fsp3) is 0.893. The molecule has 5 N–H and O–H groups in total. The van der Waals surface area contributed by atoms with E-state index >= 15 is 0 Å². The fourth-order valence-electron chi connectivity index (χ4n) is 4.27. The van der Waals surface area contributed by atoms with Crippen LogP contribution in [0.5, 0.6) is 0 Å². The summed E-state index contributed by atoms with van der Waals surface area (Å²) in [6, 6.07) is 0. The predicted octanol–water partition coefficient (Wildman–Crippen LogP) is 3.29. The second-order valence-corrected chi connectivity index (χ2v) is 10.0. The minimum atomic E-state index is -1.51. The summed E-state index contributed by atoms with van der Waals surface area (Å²) in [5.41, 5.74) is 0. The molecule has 5 atom stereocenters. The first-order valence-electron chi connectivity index (χ1n) is 14.5. The van der Waals surface area contributed by atoms with E-state index in [1.54, 1.807) is 0 Å². The molecular weight excluding hydrogens is 496 g/mol. The molecule has 0 saturated carbocycles. The molecule has 0 aliphatic carbocycles. The highest BCUT2D eigenvalue weighted by molar-refractivity contribution is 5.89. The molecule has 10 nitrogen and oxygen atoms in total. The lowest BCUT2D eigenvalue weighted by Gasteiger charge is -2.30. The van der Waals surface area contributed by atoms with Gasteiger partial charge in [0, 0.05) is 19.6 Å². The number of hydrogen-bond donors (Lipinski definition) is 5. The number of rotatable bonds is 25. The largest absolute Gasteiger partial charge is 0.499 e. The molecule has 224 valence electrons. The Balaban J connectivity index is 2.67. The topological polar surface area (TPSA) is 155 Å². The van der Waals surface area contributed by atoms with Gasteiger partial charge in [-0.25, -0.2) is 4.79 Å². The van der Waals surface area contributed by atoms with Crippen molar-refractivity contribution in [3.05, 3.63) is 11.5 Å². The fourth-order valence-corrected chi connectivity index (χ4v) is 4.27. The SMILES string of the molecule is CCCCCCCCCCCCOC(CO)C(CC(O)COCCCC)OC1=C(O)C(=O)O[C@@H]1[C@@H](O)CO. The van der Waals surface area contributed by atoms with Crippen LogP contribution in [0.25, 0.3) is 0 Å². The van der Waals surface area contributed by atoms with Crippen molar-refractivity contribution in [3.63, 3.8) is 0 Å². The summed E-state index contributed by atoms with van der Waals surface area (Å²) in [6.07, 6.45) is 7.79. The Morgan fingerprint density at radius 3 is 2.00 bits per heavy atom. The summed E-state index contributed by atoms with van der Waals surface area (Å²) in [6.45, 7) is 4.00.